The van der Waals surface area contributed by atoms with E-state index < -0.39 is 18.0 Å². The van der Waals surface area contributed by atoms with Crippen LogP contribution in [-0.4, -0.2) is 111 Å². The highest BCUT2D eigenvalue weighted by atomic mass is 16.6. The van der Waals surface area contributed by atoms with E-state index in [0.29, 0.717) is 39.4 Å². The smallest absolute Gasteiger partial charge is 0.305 e. The molecule has 0 unspecified atom stereocenters. The van der Waals surface area contributed by atoms with Crippen molar-refractivity contribution in [2.75, 3.05) is 39.6 Å². The number of amides is 2. The van der Waals surface area contributed by atoms with Gasteiger partial charge in [-0.05, 0) is 45.6 Å². The molecule has 0 aromatic carbocycles. The molecule has 3 aliphatic rings. The third-order valence-electron chi connectivity index (χ3n) is 8.57. The summed E-state index contributed by atoms with van der Waals surface area (Å²) in [5.74, 6) is -1.42. The Hall–Kier alpha value is -3.10. The van der Waals surface area contributed by atoms with E-state index in [-0.39, 0.29) is 73.2 Å². The molecular formula is C35H54N2O11. The van der Waals surface area contributed by atoms with Crippen molar-refractivity contribution in [1.82, 2.24) is 10.6 Å². The number of ether oxygens (including phenoxy) is 6. The lowest BCUT2D eigenvalue weighted by Crippen LogP contribution is -2.50. The van der Waals surface area contributed by atoms with Crippen LogP contribution in [0.15, 0.2) is 36.0 Å². The number of carbonyl (C=O) groups excluding carboxylic acids is 3. The summed E-state index contributed by atoms with van der Waals surface area (Å²) in [5.41, 5.74) is 0.867. The van der Waals surface area contributed by atoms with Crippen molar-refractivity contribution in [3.63, 3.8) is 0 Å². The number of nitrogens with one attached hydrogen (secondary N) is 2. The van der Waals surface area contributed by atoms with Crippen molar-refractivity contribution >= 4 is 23.8 Å². The summed E-state index contributed by atoms with van der Waals surface area (Å²) >= 11 is 0. The lowest BCUT2D eigenvalue weighted by atomic mass is 9.88. The number of rotatable bonds is 19. The van der Waals surface area contributed by atoms with Crippen LogP contribution in [0.25, 0.3) is 0 Å². The fourth-order valence-corrected chi connectivity index (χ4v) is 5.90. The van der Waals surface area contributed by atoms with Crippen LogP contribution in [0.1, 0.15) is 73.1 Å². The fourth-order valence-electron chi connectivity index (χ4n) is 5.90. The third-order valence-corrected chi connectivity index (χ3v) is 8.57. The maximum Gasteiger partial charge on any atom is 0.305 e. The summed E-state index contributed by atoms with van der Waals surface area (Å²) in [5, 5.41) is 14.5. The van der Waals surface area contributed by atoms with E-state index in [1.165, 1.54) is 13.0 Å². The van der Waals surface area contributed by atoms with Crippen molar-refractivity contribution in [2.45, 2.75) is 115 Å². The molecule has 48 heavy (non-hydrogen) atoms. The van der Waals surface area contributed by atoms with Crippen LogP contribution >= 0.6 is 0 Å². The van der Waals surface area contributed by atoms with Gasteiger partial charge in [-0.1, -0.05) is 30.7 Å². The average molecular weight is 679 g/mol. The Kier molecular flexibility index (Phi) is 16.2. The van der Waals surface area contributed by atoms with Crippen molar-refractivity contribution in [1.29, 1.82) is 0 Å². The van der Waals surface area contributed by atoms with Crippen LogP contribution in [0.5, 0.6) is 0 Å². The SMILES string of the molecule is CC(=O)O[C@@H](C)/C=C\C(=O)N[C@@H]1C[C@H](C)[C@H](C/C=C(C)/C=C/[C@@H]2C[C@]3(CO3)C[C@@H](CC(=O)NCCOCCOCCC(=O)O)O2)O[C@@H]1C. The first kappa shape index (κ1) is 39.3. The minimum atomic E-state index is -0.902. The predicted octanol–water partition coefficient (Wildman–Crippen LogP) is 3.02. The molecule has 3 saturated heterocycles. The molecule has 0 radical (unpaired) electrons. The Morgan fingerprint density at radius 2 is 1.75 bits per heavy atom. The number of carbonyl (C=O) groups is 4. The zero-order chi connectivity index (χ0) is 35.1. The number of hydrogen-bond acceptors (Lipinski definition) is 10. The fraction of sp³-hybridized carbons (Fsp3) is 0.714. The number of allylic oxidation sites excluding steroid dienone is 2. The van der Waals surface area contributed by atoms with Crippen LogP contribution in [0.2, 0.25) is 0 Å². The standard InChI is InChI=1S/C35H54N2O11/c1-23(7-10-31-24(2)18-30(26(4)47-31)37-32(39)11-8-25(3)46-27(5)38)6-9-28-20-35(22-45-35)21-29(48-28)19-33(40)36-13-15-44-17-16-43-14-12-34(41)42/h6-9,11,24-26,28-31H,10,12-22H2,1-5H3,(H,36,40)(H,37,39)(H,41,42)/b9-6+,11-8-,23-7+/t24-,25-,26+,28+,29+,30+,31-,35+/m0/s1. The summed E-state index contributed by atoms with van der Waals surface area (Å²) in [6.07, 6.45) is 11.4. The number of carboxylic acids is 1. The van der Waals surface area contributed by atoms with Gasteiger partial charge in [-0.3, -0.25) is 19.2 Å². The highest BCUT2D eigenvalue weighted by Crippen LogP contribution is 2.43. The zero-order valence-corrected chi connectivity index (χ0v) is 28.9. The Bertz CT molecular complexity index is 1170. The molecule has 0 aromatic rings. The zero-order valence-electron chi connectivity index (χ0n) is 28.9. The van der Waals surface area contributed by atoms with E-state index in [4.69, 9.17) is 33.5 Å². The van der Waals surface area contributed by atoms with Crippen molar-refractivity contribution < 1.29 is 52.7 Å². The Morgan fingerprint density at radius 3 is 2.44 bits per heavy atom. The van der Waals surface area contributed by atoms with E-state index in [0.717, 1.165) is 24.8 Å². The van der Waals surface area contributed by atoms with Gasteiger partial charge >= 0.3 is 11.9 Å². The summed E-state index contributed by atoms with van der Waals surface area (Å²) in [6, 6.07) is -0.116. The Morgan fingerprint density at radius 1 is 1.02 bits per heavy atom. The van der Waals surface area contributed by atoms with Gasteiger partial charge in [0.25, 0.3) is 0 Å². The normalized spacial score (nSPS) is 29.6. The van der Waals surface area contributed by atoms with Crippen molar-refractivity contribution in [3.8, 4) is 0 Å². The molecular weight excluding hydrogens is 624 g/mol. The van der Waals surface area contributed by atoms with Gasteiger partial charge in [0, 0.05) is 32.4 Å². The van der Waals surface area contributed by atoms with Gasteiger partial charge in [0.1, 0.15) is 6.10 Å². The minimum absolute atomic E-state index is 0.0236. The Balaban J connectivity index is 1.37. The highest BCUT2D eigenvalue weighted by Gasteiger charge is 2.51. The minimum Gasteiger partial charge on any atom is -0.481 e. The first-order valence-corrected chi connectivity index (χ1v) is 16.9. The third kappa shape index (κ3) is 15.0. The van der Waals surface area contributed by atoms with Gasteiger partial charge in [0.15, 0.2) is 0 Å². The van der Waals surface area contributed by atoms with Crippen molar-refractivity contribution in [2.24, 2.45) is 5.92 Å². The van der Waals surface area contributed by atoms with Crippen LogP contribution in [0, 0.1) is 5.92 Å². The number of carboxylic acid groups (broad SMARTS) is 1. The Labute approximate surface area is 283 Å². The number of hydrogen-bond donors (Lipinski definition) is 3. The molecule has 13 heteroatoms. The van der Waals surface area contributed by atoms with Gasteiger partial charge in [-0.2, -0.15) is 0 Å². The molecule has 8 atom stereocenters. The molecule has 1 spiro atoms. The molecule has 0 saturated carbocycles. The van der Waals surface area contributed by atoms with E-state index in [1.807, 2.05) is 19.9 Å². The first-order chi connectivity index (χ1) is 22.8. The molecule has 3 heterocycles. The van der Waals surface area contributed by atoms with Crippen LogP contribution in [-0.2, 0) is 47.6 Å². The van der Waals surface area contributed by atoms with Crippen LogP contribution in [0.4, 0.5) is 0 Å². The number of esters is 1. The van der Waals surface area contributed by atoms with E-state index in [9.17, 15) is 19.2 Å². The average Bonchev–Trinajstić information content (AvgIpc) is 3.75. The number of epoxide rings is 1. The van der Waals surface area contributed by atoms with E-state index >= 15 is 0 Å². The van der Waals surface area contributed by atoms with Gasteiger partial charge in [-0.25, -0.2) is 0 Å². The monoisotopic (exact) mass is 678 g/mol. The highest BCUT2D eigenvalue weighted by molar-refractivity contribution is 5.87. The van der Waals surface area contributed by atoms with Gasteiger partial charge in [-0.15, -0.1) is 0 Å². The van der Waals surface area contributed by atoms with Crippen LogP contribution < -0.4 is 10.6 Å². The van der Waals surface area contributed by atoms with Crippen LogP contribution in [0.3, 0.4) is 0 Å². The molecule has 0 aliphatic carbocycles. The molecule has 2 amide bonds. The molecule has 0 bridgehead atoms. The summed E-state index contributed by atoms with van der Waals surface area (Å²) in [6.45, 7) is 11.3. The molecule has 13 nitrogen and oxygen atoms in total. The van der Waals surface area contributed by atoms with Crippen molar-refractivity contribution in [3.05, 3.63) is 36.0 Å². The van der Waals surface area contributed by atoms with E-state index in [2.05, 4.69) is 29.7 Å². The second-order valence-corrected chi connectivity index (χ2v) is 13.0. The largest absolute Gasteiger partial charge is 0.481 e. The maximum atomic E-state index is 12.6. The van der Waals surface area contributed by atoms with E-state index in [1.54, 1.807) is 13.0 Å². The molecule has 3 aliphatic heterocycles. The van der Waals surface area contributed by atoms with Gasteiger partial charge < -0.3 is 44.2 Å². The first-order valence-electron chi connectivity index (χ1n) is 16.9. The molecule has 3 rings (SSSR count). The lowest BCUT2D eigenvalue weighted by molar-refractivity contribution is -0.143. The second kappa shape index (κ2) is 19.8. The predicted molar refractivity (Wildman–Crippen MR) is 176 cm³/mol. The lowest BCUT2D eigenvalue weighted by Gasteiger charge is -2.39. The molecule has 3 N–H and O–H groups in total. The topological polar surface area (TPSA) is 171 Å². The molecule has 0 aromatic heterocycles. The summed E-state index contributed by atoms with van der Waals surface area (Å²) < 4.78 is 34.0. The maximum absolute atomic E-state index is 12.6. The molecule has 3 fully saturated rings. The van der Waals surface area contributed by atoms with Gasteiger partial charge in [0.05, 0.1) is 81.9 Å². The summed E-state index contributed by atoms with van der Waals surface area (Å²) in [7, 11) is 0. The quantitative estimate of drug-likeness (QED) is 0.0603. The molecule has 270 valence electrons. The van der Waals surface area contributed by atoms with Gasteiger partial charge in [0.2, 0.25) is 11.8 Å². The number of aliphatic carboxylic acids is 1. The summed E-state index contributed by atoms with van der Waals surface area (Å²) in [4.78, 5) is 46.5. The second-order valence-electron chi connectivity index (χ2n) is 13.0.